The Morgan fingerprint density at radius 2 is 1.86 bits per heavy atom. The lowest BCUT2D eigenvalue weighted by Gasteiger charge is -2.09. The van der Waals surface area contributed by atoms with E-state index in [1.807, 2.05) is 0 Å². The molecular weight excluding hydrogens is 200 g/mol. The van der Waals surface area contributed by atoms with Gasteiger partial charge in [-0.2, -0.15) is 13.2 Å². The van der Waals surface area contributed by atoms with Gasteiger partial charge in [0.15, 0.2) is 0 Å². The number of alkyl halides is 3. The van der Waals surface area contributed by atoms with Crippen molar-refractivity contribution in [3.8, 4) is 5.75 Å². The van der Waals surface area contributed by atoms with E-state index in [1.54, 1.807) is 0 Å². The van der Waals surface area contributed by atoms with E-state index in [1.165, 1.54) is 6.92 Å². The molecule has 0 aliphatic rings. The van der Waals surface area contributed by atoms with E-state index in [2.05, 4.69) is 0 Å². The summed E-state index contributed by atoms with van der Waals surface area (Å²) < 4.78 is 48.9. The highest BCUT2D eigenvalue weighted by atomic mass is 19.4. The average molecular weight is 208 g/mol. The average Bonchev–Trinajstić information content (AvgIpc) is 2.04. The van der Waals surface area contributed by atoms with E-state index in [0.29, 0.717) is 0 Å². The molecule has 0 saturated carbocycles. The van der Waals surface area contributed by atoms with Crippen LogP contribution in [0.2, 0.25) is 0 Å². The van der Waals surface area contributed by atoms with Gasteiger partial charge < -0.3 is 5.11 Å². The maximum atomic E-state index is 13.1. The summed E-state index contributed by atoms with van der Waals surface area (Å²) in [4.78, 5) is 0. The van der Waals surface area contributed by atoms with Crippen LogP contribution in [0.25, 0.3) is 0 Å². The topological polar surface area (TPSA) is 20.2 Å². The zero-order chi connectivity index (χ0) is 10.9. The van der Waals surface area contributed by atoms with Crippen LogP contribution >= 0.6 is 0 Å². The zero-order valence-corrected chi connectivity index (χ0v) is 7.32. The highest BCUT2D eigenvalue weighted by Gasteiger charge is 2.29. The fraction of sp³-hybridized carbons (Fsp3) is 0.333. The van der Waals surface area contributed by atoms with Gasteiger partial charge in [-0.1, -0.05) is 6.07 Å². The Kier molecular flexibility index (Phi) is 2.69. The predicted octanol–water partition coefficient (Wildman–Crippen LogP) is 2.94. The Morgan fingerprint density at radius 1 is 1.29 bits per heavy atom. The second-order valence-electron chi connectivity index (χ2n) is 2.97. The summed E-state index contributed by atoms with van der Waals surface area (Å²) in [6, 6.07) is 1.99. The van der Waals surface area contributed by atoms with Crippen LogP contribution in [-0.2, 0) is 6.42 Å². The third kappa shape index (κ3) is 2.37. The van der Waals surface area contributed by atoms with Gasteiger partial charge in [0.1, 0.15) is 11.6 Å². The van der Waals surface area contributed by atoms with Crippen molar-refractivity contribution in [1.29, 1.82) is 0 Å². The van der Waals surface area contributed by atoms with Crippen molar-refractivity contribution in [1.82, 2.24) is 0 Å². The fourth-order valence-electron chi connectivity index (χ4n) is 1.08. The molecule has 0 spiro atoms. The van der Waals surface area contributed by atoms with Gasteiger partial charge >= 0.3 is 6.18 Å². The molecule has 0 aliphatic carbocycles. The van der Waals surface area contributed by atoms with Crippen LogP contribution < -0.4 is 0 Å². The van der Waals surface area contributed by atoms with Gasteiger partial charge in [-0.25, -0.2) is 4.39 Å². The second-order valence-corrected chi connectivity index (χ2v) is 2.97. The summed E-state index contributed by atoms with van der Waals surface area (Å²) >= 11 is 0. The predicted molar refractivity (Wildman–Crippen MR) is 42.6 cm³/mol. The van der Waals surface area contributed by atoms with Gasteiger partial charge in [0, 0.05) is 5.56 Å². The molecule has 1 aromatic carbocycles. The number of aromatic hydroxyl groups is 1. The highest BCUT2D eigenvalue weighted by Crippen LogP contribution is 2.27. The highest BCUT2D eigenvalue weighted by molar-refractivity contribution is 5.37. The summed E-state index contributed by atoms with van der Waals surface area (Å²) in [5.74, 6) is -1.34. The van der Waals surface area contributed by atoms with Crippen LogP contribution in [-0.4, -0.2) is 11.3 Å². The second kappa shape index (κ2) is 3.48. The summed E-state index contributed by atoms with van der Waals surface area (Å²) in [5, 5.41) is 9.00. The fourth-order valence-corrected chi connectivity index (χ4v) is 1.08. The summed E-state index contributed by atoms with van der Waals surface area (Å²) in [6.45, 7) is 1.23. The number of hydrogen-bond acceptors (Lipinski definition) is 1. The molecule has 0 aliphatic heterocycles. The first-order chi connectivity index (χ1) is 6.31. The summed E-state index contributed by atoms with van der Waals surface area (Å²) in [5.41, 5.74) is -0.612. The Balaban J connectivity index is 3.06. The van der Waals surface area contributed by atoms with Crippen LogP contribution in [0.3, 0.4) is 0 Å². The lowest BCUT2D eigenvalue weighted by molar-refractivity contribution is -0.127. The maximum Gasteiger partial charge on any atom is 0.393 e. The first-order valence-electron chi connectivity index (χ1n) is 3.85. The molecule has 0 unspecified atom stereocenters. The Bertz CT molecular complexity index is 343. The number of halogens is 4. The largest absolute Gasteiger partial charge is 0.508 e. The van der Waals surface area contributed by atoms with Gasteiger partial charge in [0.05, 0.1) is 6.42 Å². The molecule has 5 heteroatoms. The van der Waals surface area contributed by atoms with Crippen molar-refractivity contribution < 1.29 is 22.7 Å². The molecule has 0 aromatic heterocycles. The number of phenolic OH excluding ortho intramolecular Hbond substituents is 1. The molecule has 0 atom stereocenters. The molecule has 78 valence electrons. The van der Waals surface area contributed by atoms with Crippen LogP contribution in [0.1, 0.15) is 11.1 Å². The SMILES string of the molecule is Cc1c(O)ccc(CC(F)(F)F)c1F. The smallest absolute Gasteiger partial charge is 0.393 e. The van der Waals surface area contributed by atoms with Crippen LogP contribution in [0.5, 0.6) is 5.75 Å². The Labute approximate surface area is 78.0 Å². The number of rotatable bonds is 1. The minimum Gasteiger partial charge on any atom is -0.508 e. The van der Waals surface area contributed by atoms with E-state index in [-0.39, 0.29) is 11.3 Å². The molecule has 0 amide bonds. The van der Waals surface area contributed by atoms with Crippen LogP contribution in [0, 0.1) is 12.7 Å². The zero-order valence-electron chi connectivity index (χ0n) is 7.32. The van der Waals surface area contributed by atoms with Crippen molar-refractivity contribution in [2.24, 2.45) is 0 Å². The molecule has 0 heterocycles. The van der Waals surface area contributed by atoms with E-state index in [0.717, 1.165) is 12.1 Å². The van der Waals surface area contributed by atoms with Crippen molar-refractivity contribution >= 4 is 0 Å². The molecule has 1 rings (SSSR count). The number of phenols is 1. The van der Waals surface area contributed by atoms with E-state index >= 15 is 0 Å². The molecule has 1 aromatic rings. The molecule has 0 saturated heterocycles. The van der Waals surface area contributed by atoms with E-state index < -0.39 is 24.0 Å². The van der Waals surface area contributed by atoms with Gasteiger partial charge in [-0.15, -0.1) is 0 Å². The van der Waals surface area contributed by atoms with Gasteiger partial charge in [0.2, 0.25) is 0 Å². The number of hydrogen-bond donors (Lipinski definition) is 1. The van der Waals surface area contributed by atoms with Crippen LogP contribution in [0.4, 0.5) is 17.6 Å². The van der Waals surface area contributed by atoms with Crippen molar-refractivity contribution in [3.63, 3.8) is 0 Å². The first-order valence-corrected chi connectivity index (χ1v) is 3.85. The lowest BCUT2D eigenvalue weighted by Crippen LogP contribution is -2.13. The minimum absolute atomic E-state index is 0.160. The summed E-state index contributed by atoms with van der Waals surface area (Å²) in [6.07, 6.45) is -5.76. The van der Waals surface area contributed by atoms with Crippen molar-refractivity contribution in [2.75, 3.05) is 0 Å². The van der Waals surface area contributed by atoms with Gasteiger partial charge in [-0.05, 0) is 18.6 Å². The Morgan fingerprint density at radius 3 is 2.36 bits per heavy atom. The molecule has 0 radical (unpaired) electrons. The van der Waals surface area contributed by atoms with E-state index in [4.69, 9.17) is 5.11 Å². The Hall–Kier alpha value is -1.26. The summed E-state index contributed by atoms with van der Waals surface area (Å²) in [7, 11) is 0. The van der Waals surface area contributed by atoms with Gasteiger partial charge in [-0.3, -0.25) is 0 Å². The maximum absolute atomic E-state index is 13.1. The minimum atomic E-state index is -4.44. The normalized spacial score (nSPS) is 11.8. The molecule has 1 N–H and O–H groups in total. The molecule has 0 bridgehead atoms. The quantitative estimate of drug-likeness (QED) is 0.703. The van der Waals surface area contributed by atoms with Crippen LogP contribution in [0.15, 0.2) is 12.1 Å². The first kappa shape index (κ1) is 10.8. The third-order valence-corrected chi connectivity index (χ3v) is 1.83. The lowest BCUT2D eigenvalue weighted by atomic mass is 10.1. The standard InChI is InChI=1S/C9H8F4O/c1-5-7(14)3-2-6(8(5)10)4-9(11,12)13/h2-3,14H,4H2,1H3. The molecular formula is C9H8F4O. The number of benzene rings is 1. The van der Waals surface area contributed by atoms with E-state index in [9.17, 15) is 17.6 Å². The third-order valence-electron chi connectivity index (χ3n) is 1.83. The molecule has 14 heavy (non-hydrogen) atoms. The van der Waals surface area contributed by atoms with Crippen molar-refractivity contribution in [3.05, 3.63) is 29.1 Å². The monoisotopic (exact) mass is 208 g/mol. The molecule has 1 nitrogen and oxygen atoms in total. The molecule has 0 fully saturated rings. The van der Waals surface area contributed by atoms with Crippen molar-refractivity contribution in [2.45, 2.75) is 19.5 Å². The van der Waals surface area contributed by atoms with Gasteiger partial charge in [0.25, 0.3) is 0 Å².